The van der Waals surface area contributed by atoms with Crippen LogP contribution in [-0.2, 0) is 6.54 Å². The Kier molecular flexibility index (Phi) is 4.58. The first-order chi connectivity index (χ1) is 11.3. The van der Waals surface area contributed by atoms with Crippen molar-refractivity contribution in [3.63, 3.8) is 0 Å². The molecular weight excluding hydrogens is 278 g/mol. The van der Waals surface area contributed by atoms with Crippen LogP contribution in [0.5, 0.6) is 0 Å². The monoisotopic (exact) mass is 299 g/mol. The van der Waals surface area contributed by atoms with Crippen LogP contribution < -0.4 is 4.90 Å². The lowest BCUT2D eigenvalue weighted by atomic mass is 9.97. The van der Waals surface area contributed by atoms with Crippen molar-refractivity contribution in [2.24, 2.45) is 0 Å². The Morgan fingerprint density at radius 1 is 0.783 bits per heavy atom. The van der Waals surface area contributed by atoms with Crippen molar-refractivity contribution < 1.29 is 0 Å². The fourth-order valence-electron chi connectivity index (χ4n) is 2.80. The van der Waals surface area contributed by atoms with Gasteiger partial charge < -0.3 is 4.90 Å². The minimum Gasteiger partial charge on any atom is -0.370 e. The normalized spacial score (nSPS) is 10.3. The lowest BCUT2D eigenvalue weighted by molar-refractivity contribution is 0.921. The molecule has 3 aromatic rings. The van der Waals surface area contributed by atoms with E-state index in [0.717, 1.165) is 17.7 Å². The summed E-state index contributed by atoms with van der Waals surface area (Å²) in [6, 6.07) is 29.3. The maximum Gasteiger partial charge on any atom is 0.0446 e. The minimum atomic E-state index is 0.875. The van der Waals surface area contributed by atoms with E-state index in [4.69, 9.17) is 0 Å². The predicted molar refractivity (Wildman–Crippen MR) is 99.6 cm³/mol. The van der Waals surface area contributed by atoms with Crippen molar-refractivity contribution >= 4 is 11.3 Å². The Hall–Kier alpha value is -2.80. The Bertz CT molecular complexity index is 775. The zero-order chi connectivity index (χ0) is 16.1. The molecule has 0 radical (unpaired) electrons. The van der Waals surface area contributed by atoms with E-state index in [1.165, 1.54) is 16.8 Å². The van der Waals surface area contributed by atoms with E-state index < -0.39 is 0 Å². The summed E-state index contributed by atoms with van der Waals surface area (Å²) in [6.45, 7) is 5.19. The van der Waals surface area contributed by atoms with Crippen LogP contribution in [0.25, 0.3) is 5.57 Å². The molecule has 0 fully saturated rings. The summed E-state index contributed by atoms with van der Waals surface area (Å²) < 4.78 is 0. The highest BCUT2D eigenvalue weighted by Gasteiger charge is 2.11. The fraction of sp³-hybridized carbons (Fsp3) is 0.0909. The van der Waals surface area contributed by atoms with Gasteiger partial charge in [0.05, 0.1) is 0 Å². The molecule has 0 aliphatic rings. The summed E-state index contributed by atoms with van der Waals surface area (Å²) in [5, 5.41) is 0. The van der Waals surface area contributed by atoms with Crippen molar-refractivity contribution in [1.29, 1.82) is 0 Å². The van der Waals surface area contributed by atoms with E-state index in [2.05, 4.69) is 97.4 Å². The van der Waals surface area contributed by atoms with E-state index in [0.29, 0.717) is 0 Å². The second-order valence-corrected chi connectivity index (χ2v) is 5.70. The zero-order valence-electron chi connectivity index (χ0n) is 13.4. The van der Waals surface area contributed by atoms with Gasteiger partial charge in [-0.3, -0.25) is 0 Å². The predicted octanol–water partition coefficient (Wildman–Crippen LogP) is 5.38. The lowest BCUT2D eigenvalue weighted by Crippen LogP contribution is -2.17. The summed E-state index contributed by atoms with van der Waals surface area (Å²) in [7, 11) is 2.13. The number of anilines is 1. The Morgan fingerprint density at radius 3 is 2.04 bits per heavy atom. The third-order valence-corrected chi connectivity index (χ3v) is 4.03. The Morgan fingerprint density at radius 2 is 1.35 bits per heavy atom. The van der Waals surface area contributed by atoms with Crippen LogP contribution in [0.3, 0.4) is 0 Å². The van der Waals surface area contributed by atoms with Crippen LogP contribution in [0.2, 0.25) is 0 Å². The third-order valence-electron chi connectivity index (χ3n) is 4.03. The van der Waals surface area contributed by atoms with Crippen LogP contribution in [0.1, 0.15) is 16.7 Å². The smallest absolute Gasteiger partial charge is 0.0446 e. The quantitative estimate of drug-likeness (QED) is 0.611. The molecule has 0 aliphatic heterocycles. The van der Waals surface area contributed by atoms with E-state index in [1.54, 1.807) is 0 Å². The van der Waals surface area contributed by atoms with Gasteiger partial charge in [-0.2, -0.15) is 0 Å². The van der Waals surface area contributed by atoms with Crippen LogP contribution in [0.4, 0.5) is 5.69 Å². The molecule has 0 amide bonds. The number of benzene rings is 3. The van der Waals surface area contributed by atoms with Gasteiger partial charge >= 0.3 is 0 Å². The first-order valence-corrected chi connectivity index (χ1v) is 7.84. The SMILES string of the molecule is C=C(c1ccccc1)c1ccccc1N(C)Cc1ccccc1. The zero-order valence-corrected chi connectivity index (χ0v) is 13.4. The topological polar surface area (TPSA) is 3.24 Å². The van der Waals surface area contributed by atoms with Gasteiger partial charge in [-0.05, 0) is 22.8 Å². The molecule has 23 heavy (non-hydrogen) atoms. The summed E-state index contributed by atoms with van der Waals surface area (Å²) in [4.78, 5) is 2.28. The highest BCUT2D eigenvalue weighted by Crippen LogP contribution is 2.30. The van der Waals surface area contributed by atoms with Gasteiger partial charge in [0, 0.05) is 24.8 Å². The molecule has 114 valence electrons. The van der Waals surface area contributed by atoms with Gasteiger partial charge in [-0.25, -0.2) is 0 Å². The maximum atomic E-state index is 4.32. The van der Waals surface area contributed by atoms with Gasteiger partial charge in [0.1, 0.15) is 0 Å². The molecular formula is C22H21N. The molecule has 0 saturated heterocycles. The number of nitrogens with zero attached hydrogens (tertiary/aromatic N) is 1. The van der Waals surface area contributed by atoms with E-state index >= 15 is 0 Å². The van der Waals surface area contributed by atoms with Crippen LogP contribution in [0, 0.1) is 0 Å². The Labute approximate surface area is 138 Å². The van der Waals surface area contributed by atoms with Gasteiger partial charge in [0.15, 0.2) is 0 Å². The molecule has 0 heterocycles. The van der Waals surface area contributed by atoms with Gasteiger partial charge in [-0.1, -0.05) is 85.4 Å². The molecule has 0 bridgehead atoms. The maximum absolute atomic E-state index is 4.32. The molecule has 0 saturated carbocycles. The van der Waals surface area contributed by atoms with Crippen LogP contribution in [0.15, 0.2) is 91.5 Å². The standard InChI is InChI=1S/C22H21N/c1-18(20-13-7-4-8-14-20)21-15-9-10-16-22(21)23(2)17-19-11-5-3-6-12-19/h3-16H,1,17H2,2H3. The summed E-state index contributed by atoms with van der Waals surface area (Å²) in [5.41, 5.74) is 5.90. The van der Waals surface area contributed by atoms with E-state index in [-0.39, 0.29) is 0 Å². The molecule has 1 heteroatoms. The first kappa shape index (κ1) is 15.1. The molecule has 0 unspecified atom stereocenters. The van der Waals surface area contributed by atoms with Crippen LogP contribution >= 0.6 is 0 Å². The van der Waals surface area contributed by atoms with Gasteiger partial charge in [-0.15, -0.1) is 0 Å². The second kappa shape index (κ2) is 6.97. The average molecular weight is 299 g/mol. The van der Waals surface area contributed by atoms with Crippen molar-refractivity contribution in [2.75, 3.05) is 11.9 Å². The van der Waals surface area contributed by atoms with Crippen molar-refractivity contribution in [3.05, 3.63) is 108 Å². The molecule has 0 spiro atoms. The van der Waals surface area contributed by atoms with Crippen LogP contribution in [-0.4, -0.2) is 7.05 Å². The number of para-hydroxylation sites is 1. The highest BCUT2D eigenvalue weighted by molar-refractivity contribution is 5.85. The van der Waals surface area contributed by atoms with Crippen molar-refractivity contribution in [1.82, 2.24) is 0 Å². The second-order valence-electron chi connectivity index (χ2n) is 5.70. The Balaban J connectivity index is 1.90. The molecule has 0 aromatic heterocycles. The highest BCUT2D eigenvalue weighted by atomic mass is 15.1. The third kappa shape index (κ3) is 3.51. The van der Waals surface area contributed by atoms with Crippen molar-refractivity contribution in [2.45, 2.75) is 6.54 Å². The number of hydrogen-bond acceptors (Lipinski definition) is 1. The summed E-state index contributed by atoms with van der Waals surface area (Å²) >= 11 is 0. The lowest BCUT2D eigenvalue weighted by Gasteiger charge is -2.23. The van der Waals surface area contributed by atoms with Gasteiger partial charge in [0.2, 0.25) is 0 Å². The first-order valence-electron chi connectivity index (χ1n) is 7.84. The molecule has 1 nitrogen and oxygen atoms in total. The fourth-order valence-corrected chi connectivity index (χ4v) is 2.80. The molecule has 0 aliphatic carbocycles. The number of hydrogen-bond donors (Lipinski definition) is 0. The molecule has 0 N–H and O–H groups in total. The molecule has 0 atom stereocenters. The molecule has 3 rings (SSSR count). The average Bonchev–Trinajstić information content (AvgIpc) is 2.62. The molecule has 3 aromatic carbocycles. The van der Waals surface area contributed by atoms with Crippen molar-refractivity contribution in [3.8, 4) is 0 Å². The number of rotatable bonds is 5. The van der Waals surface area contributed by atoms with E-state index in [1.807, 2.05) is 6.07 Å². The largest absolute Gasteiger partial charge is 0.370 e. The summed E-state index contributed by atoms with van der Waals surface area (Å²) in [5.74, 6) is 0. The van der Waals surface area contributed by atoms with E-state index in [9.17, 15) is 0 Å². The summed E-state index contributed by atoms with van der Waals surface area (Å²) in [6.07, 6.45) is 0. The van der Waals surface area contributed by atoms with Gasteiger partial charge in [0.25, 0.3) is 0 Å². The minimum absolute atomic E-state index is 0.875.